The van der Waals surface area contributed by atoms with Crippen LogP contribution in [0.1, 0.15) is 39.2 Å². The third-order valence-electron chi connectivity index (χ3n) is 2.59. The van der Waals surface area contributed by atoms with Gasteiger partial charge in [0.25, 0.3) is 0 Å². The largest absolute Gasteiger partial charge is 0.491 e. The van der Waals surface area contributed by atoms with Crippen molar-refractivity contribution in [3.8, 4) is 5.75 Å². The molecule has 0 amide bonds. The fraction of sp³-hybridized carbons (Fsp3) is 0.571. The van der Waals surface area contributed by atoms with Crippen LogP contribution in [0.2, 0.25) is 0 Å². The Morgan fingerprint density at radius 2 is 1.88 bits per heavy atom. The summed E-state index contributed by atoms with van der Waals surface area (Å²) < 4.78 is 5.72. The Morgan fingerprint density at radius 3 is 2.44 bits per heavy atom. The summed E-state index contributed by atoms with van der Waals surface area (Å²) in [7, 11) is 0. The molecule has 0 bridgehead atoms. The van der Waals surface area contributed by atoms with Gasteiger partial charge >= 0.3 is 0 Å². The predicted molar refractivity (Wildman–Crippen MR) is 68.8 cm³/mol. The Kier molecular flexibility index (Phi) is 5.94. The minimum atomic E-state index is 0.295. The van der Waals surface area contributed by atoms with Gasteiger partial charge in [0, 0.05) is 6.54 Å². The monoisotopic (exact) mass is 221 g/mol. The molecule has 1 unspecified atom stereocenters. The summed E-state index contributed by atoms with van der Waals surface area (Å²) in [5.41, 5.74) is 1.31. The van der Waals surface area contributed by atoms with Crippen molar-refractivity contribution < 1.29 is 4.74 Å². The second-order valence-electron chi connectivity index (χ2n) is 4.16. The van der Waals surface area contributed by atoms with Crippen LogP contribution in [0.15, 0.2) is 24.3 Å². The second kappa shape index (κ2) is 7.29. The lowest BCUT2D eigenvalue weighted by Gasteiger charge is -2.12. The first-order valence-corrected chi connectivity index (χ1v) is 6.22. The van der Waals surface area contributed by atoms with E-state index in [4.69, 9.17) is 4.74 Å². The maximum atomic E-state index is 5.72. The Hall–Kier alpha value is -1.02. The summed E-state index contributed by atoms with van der Waals surface area (Å²) >= 11 is 0. The van der Waals surface area contributed by atoms with Gasteiger partial charge in [-0.1, -0.05) is 26.0 Å². The molecule has 0 spiro atoms. The maximum absolute atomic E-state index is 5.72. The van der Waals surface area contributed by atoms with Crippen molar-refractivity contribution in [1.82, 2.24) is 5.32 Å². The highest BCUT2D eigenvalue weighted by molar-refractivity contribution is 5.27. The van der Waals surface area contributed by atoms with Gasteiger partial charge in [-0.15, -0.1) is 0 Å². The number of hydrogen-bond acceptors (Lipinski definition) is 2. The zero-order valence-electron chi connectivity index (χ0n) is 10.6. The number of ether oxygens (including phenoxy) is 1. The lowest BCUT2D eigenvalue weighted by Crippen LogP contribution is -2.13. The molecule has 0 aromatic heterocycles. The van der Waals surface area contributed by atoms with Crippen LogP contribution < -0.4 is 10.1 Å². The van der Waals surface area contributed by atoms with Gasteiger partial charge < -0.3 is 10.1 Å². The van der Waals surface area contributed by atoms with Crippen molar-refractivity contribution in [1.29, 1.82) is 0 Å². The zero-order valence-corrected chi connectivity index (χ0v) is 10.6. The fourth-order valence-electron chi connectivity index (χ4n) is 1.41. The lowest BCUT2D eigenvalue weighted by atomic mass is 10.2. The normalized spacial score (nSPS) is 12.4. The summed E-state index contributed by atoms with van der Waals surface area (Å²) in [5, 5.41) is 3.38. The van der Waals surface area contributed by atoms with Gasteiger partial charge in [0.2, 0.25) is 0 Å². The molecule has 0 heterocycles. The SMILES string of the molecule is CCCNCc1ccc(OC(C)CC)cc1. The summed E-state index contributed by atoms with van der Waals surface area (Å²) in [6.07, 6.45) is 2.51. The first-order valence-electron chi connectivity index (χ1n) is 6.22. The first-order chi connectivity index (χ1) is 7.76. The van der Waals surface area contributed by atoms with E-state index in [1.54, 1.807) is 0 Å². The number of benzene rings is 1. The van der Waals surface area contributed by atoms with Crippen molar-refractivity contribution in [3.05, 3.63) is 29.8 Å². The minimum Gasteiger partial charge on any atom is -0.491 e. The van der Waals surface area contributed by atoms with E-state index in [1.165, 1.54) is 12.0 Å². The molecule has 16 heavy (non-hydrogen) atoms. The Balaban J connectivity index is 2.41. The molecule has 0 saturated carbocycles. The van der Waals surface area contributed by atoms with Gasteiger partial charge in [0.1, 0.15) is 5.75 Å². The molecule has 1 atom stereocenters. The van der Waals surface area contributed by atoms with E-state index in [0.29, 0.717) is 6.10 Å². The number of hydrogen-bond donors (Lipinski definition) is 1. The van der Waals surface area contributed by atoms with Crippen LogP contribution in [0.25, 0.3) is 0 Å². The van der Waals surface area contributed by atoms with Crippen molar-refractivity contribution in [3.63, 3.8) is 0 Å². The maximum Gasteiger partial charge on any atom is 0.119 e. The highest BCUT2D eigenvalue weighted by Crippen LogP contribution is 2.14. The molecule has 1 aromatic rings. The molecule has 1 N–H and O–H groups in total. The van der Waals surface area contributed by atoms with Gasteiger partial charge in [-0.3, -0.25) is 0 Å². The van der Waals surface area contributed by atoms with Crippen LogP contribution in [0.3, 0.4) is 0 Å². The standard InChI is InChI=1S/C14H23NO/c1-4-10-15-11-13-6-8-14(9-7-13)16-12(3)5-2/h6-9,12,15H,4-5,10-11H2,1-3H3. The van der Waals surface area contributed by atoms with E-state index in [0.717, 1.165) is 25.3 Å². The molecule has 1 rings (SSSR count). The quantitative estimate of drug-likeness (QED) is 0.713. The van der Waals surface area contributed by atoms with Crippen LogP contribution in [0.4, 0.5) is 0 Å². The minimum absolute atomic E-state index is 0.295. The molecule has 0 aliphatic rings. The first kappa shape index (κ1) is 13.0. The lowest BCUT2D eigenvalue weighted by molar-refractivity contribution is 0.217. The van der Waals surface area contributed by atoms with E-state index in [9.17, 15) is 0 Å². The molecule has 0 aliphatic carbocycles. The molecule has 0 radical (unpaired) electrons. The Bertz CT molecular complexity index is 281. The van der Waals surface area contributed by atoms with Gasteiger partial charge in [0.15, 0.2) is 0 Å². The Morgan fingerprint density at radius 1 is 1.19 bits per heavy atom. The highest BCUT2D eigenvalue weighted by Gasteiger charge is 2.00. The predicted octanol–water partition coefficient (Wildman–Crippen LogP) is 3.36. The van der Waals surface area contributed by atoms with E-state index in [-0.39, 0.29) is 0 Å². The van der Waals surface area contributed by atoms with Crippen molar-refractivity contribution >= 4 is 0 Å². The summed E-state index contributed by atoms with van der Waals surface area (Å²) in [6.45, 7) is 8.42. The molecular weight excluding hydrogens is 198 g/mol. The number of rotatable bonds is 7. The van der Waals surface area contributed by atoms with Gasteiger partial charge in [0.05, 0.1) is 6.10 Å². The second-order valence-corrected chi connectivity index (χ2v) is 4.16. The van der Waals surface area contributed by atoms with Crippen LogP contribution >= 0.6 is 0 Å². The molecule has 0 aliphatic heterocycles. The average Bonchev–Trinajstić information content (AvgIpc) is 2.31. The third-order valence-corrected chi connectivity index (χ3v) is 2.59. The van der Waals surface area contributed by atoms with Crippen LogP contribution in [-0.2, 0) is 6.54 Å². The fourth-order valence-corrected chi connectivity index (χ4v) is 1.41. The summed E-state index contributed by atoms with van der Waals surface area (Å²) in [4.78, 5) is 0. The van der Waals surface area contributed by atoms with E-state index < -0.39 is 0 Å². The highest BCUT2D eigenvalue weighted by atomic mass is 16.5. The molecule has 2 heteroatoms. The molecule has 2 nitrogen and oxygen atoms in total. The van der Waals surface area contributed by atoms with E-state index in [2.05, 4.69) is 50.4 Å². The van der Waals surface area contributed by atoms with Gasteiger partial charge in [-0.05, 0) is 44.0 Å². The molecular formula is C14H23NO. The number of nitrogens with one attached hydrogen (secondary N) is 1. The molecule has 90 valence electrons. The summed E-state index contributed by atoms with van der Waals surface area (Å²) in [6, 6.07) is 8.35. The topological polar surface area (TPSA) is 21.3 Å². The van der Waals surface area contributed by atoms with E-state index >= 15 is 0 Å². The van der Waals surface area contributed by atoms with Crippen molar-refractivity contribution in [2.45, 2.75) is 46.3 Å². The van der Waals surface area contributed by atoms with Crippen LogP contribution in [0, 0.1) is 0 Å². The van der Waals surface area contributed by atoms with Crippen molar-refractivity contribution in [2.75, 3.05) is 6.54 Å². The van der Waals surface area contributed by atoms with Crippen LogP contribution in [-0.4, -0.2) is 12.6 Å². The Labute approximate surface area is 99.0 Å². The van der Waals surface area contributed by atoms with Crippen molar-refractivity contribution in [2.24, 2.45) is 0 Å². The molecule has 1 aromatic carbocycles. The summed E-state index contributed by atoms with van der Waals surface area (Å²) in [5.74, 6) is 0.966. The smallest absolute Gasteiger partial charge is 0.119 e. The van der Waals surface area contributed by atoms with E-state index in [1.807, 2.05) is 0 Å². The molecule has 0 fully saturated rings. The van der Waals surface area contributed by atoms with Crippen LogP contribution in [0.5, 0.6) is 5.75 Å². The molecule has 0 saturated heterocycles. The van der Waals surface area contributed by atoms with Gasteiger partial charge in [-0.25, -0.2) is 0 Å². The van der Waals surface area contributed by atoms with Gasteiger partial charge in [-0.2, -0.15) is 0 Å². The average molecular weight is 221 g/mol. The third kappa shape index (κ3) is 4.67. The zero-order chi connectivity index (χ0) is 11.8.